The molecule has 0 aliphatic carbocycles. The van der Waals surface area contributed by atoms with E-state index in [0.29, 0.717) is 5.69 Å². The molecule has 1 N–H and O–H groups in total. The Balaban J connectivity index is 1.64. The number of hydrogen-bond acceptors (Lipinski definition) is 3. The van der Waals surface area contributed by atoms with Crippen LogP contribution in [0.1, 0.15) is 42.2 Å². The second-order valence-electron chi connectivity index (χ2n) is 5.95. The Hall–Kier alpha value is -2.36. The van der Waals surface area contributed by atoms with Crippen molar-refractivity contribution in [2.24, 2.45) is 0 Å². The van der Waals surface area contributed by atoms with Gasteiger partial charge in [0.1, 0.15) is 5.69 Å². The fraction of sp³-hybridized carbons (Fsp3) is 0.368. The van der Waals surface area contributed by atoms with Gasteiger partial charge in [0.2, 0.25) is 0 Å². The molecule has 1 saturated heterocycles. The molecule has 2 heterocycles. The van der Waals surface area contributed by atoms with Crippen LogP contribution in [0.5, 0.6) is 0 Å². The molecule has 120 valence electrons. The average Bonchev–Trinajstić information content (AvgIpc) is 2.63. The zero-order valence-electron chi connectivity index (χ0n) is 13.6. The second-order valence-corrected chi connectivity index (χ2v) is 5.95. The molecule has 23 heavy (non-hydrogen) atoms. The highest BCUT2D eigenvalue weighted by molar-refractivity contribution is 6.02. The summed E-state index contributed by atoms with van der Waals surface area (Å²) in [4.78, 5) is 18.9. The summed E-state index contributed by atoms with van der Waals surface area (Å²) in [5.74, 6) is -0.167. The van der Waals surface area contributed by atoms with Gasteiger partial charge in [-0.15, -0.1) is 0 Å². The summed E-state index contributed by atoms with van der Waals surface area (Å²) in [6, 6.07) is 11.7. The van der Waals surface area contributed by atoms with Crippen molar-refractivity contribution in [3.05, 3.63) is 53.9 Å². The van der Waals surface area contributed by atoms with Crippen LogP contribution in [0.4, 0.5) is 11.4 Å². The largest absolute Gasteiger partial charge is 0.370 e. The van der Waals surface area contributed by atoms with Gasteiger partial charge in [0.25, 0.3) is 5.91 Å². The predicted molar refractivity (Wildman–Crippen MR) is 94.1 cm³/mol. The van der Waals surface area contributed by atoms with E-state index in [1.807, 2.05) is 30.3 Å². The molecule has 0 saturated carbocycles. The monoisotopic (exact) mass is 309 g/mol. The molecular weight excluding hydrogens is 286 g/mol. The number of piperidine rings is 1. The molecule has 1 amide bonds. The number of carbonyl (C=O) groups is 1. The molecule has 0 atom stereocenters. The van der Waals surface area contributed by atoms with Crippen LogP contribution >= 0.6 is 0 Å². The maximum Gasteiger partial charge on any atom is 0.274 e. The Morgan fingerprint density at radius 2 is 1.83 bits per heavy atom. The Morgan fingerprint density at radius 1 is 1.09 bits per heavy atom. The van der Waals surface area contributed by atoms with Crippen molar-refractivity contribution in [2.75, 3.05) is 23.3 Å². The van der Waals surface area contributed by atoms with Gasteiger partial charge < -0.3 is 10.2 Å². The highest BCUT2D eigenvalue weighted by atomic mass is 16.1. The van der Waals surface area contributed by atoms with E-state index in [1.54, 1.807) is 12.3 Å². The van der Waals surface area contributed by atoms with Crippen LogP contribution in [0.25, 0.3) is 0 Å². The van der Waals surface area contributed by atoms with Crippen molar-refractivity contribution in [3.63, 3.8) is 0 Å². The Kier molecular flexibility index (Phi) is 4.91. The molecule has 0 unspecified atom stereocenters. The molecule has 1 aliphatic rings. The highest BCUT2D eigenvalue weighted by Gasteiger charge is 2.13. The van der Waals surface area contributed by atoms with Crippen molar-refractivity contribution in [1.29, 1.82) is 0 Å². The third kappa shape index (κ3) is 3.89. The van der Waals surface area contributed by atoms with Crippen molar-refractivity contribution >= 4 is 17.3 Å². The topological polar surface area (TPSA) is 45.2 Å². The maximum atomic E-state index is 12.3. The van der Waals surface area contributed by atoms with Crippen LogP contribution in [0, 0.1) is 0 Å². The van der Waals surface area contributed by atoms with Crippen LogP contribution in [0.3, 0.4) is 0 Å². The van der Waals surface area contributed by atoms with Crippen molar-refractivity contribution in [3.8, 4) is 0 Å². The quantitative estimate of drug-likeness (QED) is 0.932. The van der Waals surface area contributed by atoms with Gasteiger partial charge in [-0.05, 0) is 55.5 Å². The van der Waals surface area contributed by atoms with E-state index >= 15 is 0 Å². The summed E-state index contributed by atoms with van der Waals surface area (Å²) < 4.78 is 0. The minimum atomic E-state index is -0.167. The summed E-state index contributed by atoms with van der Waals surface area (Å²) in [5.41, 5.74) is 3.61. The van der Waals surface area contributed by atoms with Gasteiger partial charge in [-0.2, -0.15) is 0 Å². The predicted octanol–water partition coefficient (Wildman–Crippen LogP) is 3.89. The first-order chi connectivity index (χ1) is 11.3. The van der Waals surface area contributed by atoms with Gasteiger partial charge in [-0.1, -0.05) is 19.1 Å². The molecule has 1 aromatic carbocycles. The van der Waals surface area contributed by atoms with Crippen LogP contribution < -0.4 is 10.2 Å². The van der Waals surface area contributed by atoms with Gasteiger partial charge in [-0.3, -0.25) is 4.79 Å². The Labute approximate surface area is 137 Å². The van der Waals surface area contributed by atoms with Crippen LogP contribution in [0.15, 0.2) is 42.6 Å². The SMILES string of the molecule is CCc1ccc(NC(=O)c2ccc(N3CCCCC3)cn2)cc1. The number of benzene rings is 1. The number of rotatable bonds is 4. The number of anilines is 2. The zero-order valence-corrected chi connectivity index (χ0v) is 13.6. The summed E-state index contributed by atoms with van der Waals surface area (Å²) in [5, 5.41) is 2.89. The van der Waals surface area contributed by atoms with Gasteiger partial charge in [0.15, 0.2) is 0 Å². The summed E-state index contributed by atoms with van der Waals surface area (Å²) in [6.07, 6.45) is 6.57. The molecule has 4 nitrogen and oxygen atoms in total. The molecule has 1 fully saturated rings. The molecule has 4 heteroatoms. The lowest BCUT2D eigenvalue weighted by atomic mass is 10.1. The number of carbonyl (C=O) groups excluding carboxylic acids is 1. The second kappa shape index (κ2) is 7.27. The number of nitrogens with one attached hydrogen (secondary N) is 1. The van der Waals surface area contributed by atoms with Gasteiger partial charge in [0, 0.05) is 18.8 Å². The lowest BCUT2D eigenvalue weighted by Gasteiger charge is -2.28. The van der Waals surface area contributed by atoms with E-state index in [9.17, 15) is 4.79 Å². The first kappa shape index (κ1) is 15.5. The first-order valence-electron chi connectivity index (χ1n) is 8.37. The maximum absolute atomic E-state index is 12.3. The normalized spacial score (nSPS) is 14.6. The first-order valence-corrected chi connectivity index (χ1v) is 8.37. The van der Waals surface area contributed by atoms with Crippen LogP contribution in [0.2, 0.25) is 0 Å². The Bertz CT molecular complexity index is 643. The van der Waals surface area contributed by atoms with Gasteiger partial charge in [0.05, 0.1) is 11.9 Å². The van der Waals surface area contributed by atoms with Gasteiger partial charge >= 0.3 is 0 Å². The fourth-order valence-corrected chi connectivity index (χ4v) is 2.88. The van der Waals surface area contributed by atoms with Crippen LogP contribution in [-0.4, -0.2) is 24.0 Å². The van der Waals surface area contributed by atoms with Crippen molar-refractivity contribution in [2.45, 2.75) is 32.6 Å². The standard InChI is InChI=1S/C19H23N3O/c1-2-15-6-8-16(9-7-15)21-19(23)18-11-10-17(14-20-18)22-12-4-3-5-13-22/h6-11,14H,2-5,12-13H2,1H3,(H,21,23). The van der Waals surface area contributed by atoms with E-state index in [2.05, 4.69) is 22.1 Å². The van der Waals surface area contributed by atoms with E-state index in [-0.39, 0.29) is 5.91 Å². The lowest BCUT2D eigenvalue weighted by Crippen LogP contribution is -2.29. The van der Waals surface area contributed by atoms with Crippen LogP contribution in [-0.2, 0) is 6.42 Å². The number of nitrogens with zero attached hydrogens (tertiary/aromatic N) is 2. The molecular formula is C19H23N3O. The molecule has 1 aromatic heterocycles. The summed E-state index contributed by atoms with van der Waals surface area (Å²) >= 11 is 0. The number of aromatic nitrogens is 1. The number of amides is 1. The summed E-state index contributed by atoms with van der Waals surface area (Å²) in [7, 11) is 0. The van der Waals surface area contributed by atoms with E-state index in [0.717, 1.165) is 30.9 Å². The lowest BCUT2D eigenvalue weighted by molar-refractivity contribution is 0.102. The third-order valence-electron chi connectivity index (χ3n) is 4.32. The van der Waals surface area contributed by atoms with E-state index < -0.39 is 0 Å². The Morgan fingerprint density at radius 3 is 2.43 bits per heavy atom. The smallest absolute Gasteiger partial charge is 0.274 e. The molecule has 1 aliphatic heterocycles. The molecule has 3 rings (SSSR count). The number of pyridine rings is 1. The van der Waals surface area contributed by atoms with Crippen molar-refractivity contribution < 1.29 is 4.79 Å². The molecule has 0 radical (unpaired) electrons. The number of hydrogen-bond donors (Lipinski definition) is 1. The highest BCUT2D eigenvalue weighted by Crippen LogP contribution is 2.19. The third-order valence-corrected chi connectivity index (χ3v) is 4.32. The molecule has 2 aromatic rings. The molecule has 0 spiro atoms. The number of aryl methyl sites for hydroxylation is 1. The minimum Gasteiger partial charge on any atom is -0.370 e. The summed E-state index contributed by atoms with van der Waals surface area (Å²) in [6.45, 7) is 4.27. The van der Waals surface area contributed by atoms with Crippen molar-refractivity contribution in [1.82, 2.24) is 4.98 Å². The van der Waals surface area contributed by atoms with Gasteiger partial charge in [-0.25, -0.2) is 4.98 Å². The molecule has 0 bridgehead atoms. The zero-order chi connectivity index (χ0) is 16.1. The van der Waals surface area contributed by atoms with E-state index in [4.69, 9.17) is 0 Å². The fourth-order valence-electron chi connectivity index (χ4n) is 2.88. The average molecular weight is 309 g/mol. The van der Waals surface area contributed by atoms with E-state index in [1.165, 1.54) is 24.8 Å². The minimum absolute atomic E-state index is 0.167.